The van der Waals surface area contributed by atoms with Crippen molar-refractivity contribution in [3.05, 3.63) is 65.2 Å². The predicted molar refractivity (Wildman–Crippen MR) is 111 cm³/mol. The summed E-state index contributed by atoms with van der Waals surface area (Å²) in [4.78, 5) is 31.1. The number of hydrogen-bond donors (Lipinski definition) is 1. The molecule has 1 saturated heterocycles. The number of thiazole rings is 1. The van der Waals surface area contributed by atoms with Crippen LogP contribution in [0.5, 0.6) is 0 Å². The molecule has 1 fully saturated rings. The molecule has 1 N–H and O–H groups in total. The molecular formula is C22H23N3O2S. The van der Waals surface area contributed by atoms with Crippen LogP contribution in [0, 0.1) is 0 Å². The number of likely N-dealkylation sites (tertiary alicyclic amines) is 1. The number of hydrogen-bond acceptors (Lipinski definition) is 4. The Kier molecular flexibility index (Phi) is 5.67. The van der Waals surface area contributed by atoms with E-state index in [0.717, 1.165) is 23.9 Å². The number of amides is 2. The van der Waals surface area contributed by atoms with Gasteiger partial charge in [-0.25, -0.2) is 4.98 Å². The molecule has 0 radical (unpaired) electrons. The fourth-order valence-corrected chi connectivity index (χ4v) is 4.71. The fourth-order valence-electron chi connectivity index (χ4n) is 3.57. The molecule has 0 saturated carbocycles. The molecule has 0 spiro atoms. The summed E-state index contributed by atoms with van der Waals surface area (Å²) in [5.41, 5.74) is 2.01. The second-order valence-corrected chi connectivity index (χ2v) is 8.18. The second-order valence-electron chi connectivity index (χ2n) is 7.11. The zero-order chi connectivity index (χ0) is 19.3. The topological polar surface area (TPSA) is 62.3 Å². The van der Waals surface area contributed by atoms with Gasteiger partial charge in [-0.05, 0) is 30.5 Å². The van der Waals surface area contributed by atoms with Gasteiger partial charge in [-0.2, -0.15) is 0 Å². The summed E-state index contributed by atoms with van der Waals surface area (Å²) in [6, 6.07) is 17.8. The minimum atomic E-state index is -0.121. The number of piperidine rings is 1. The van der Waals surface area contributed by atoms with Crippen LogP contribution in [0.3, 0.4) is 0 Å². The highest BCUT2D eigenvalue weighted by atomic mass is 32.1. The van der Waals surface area contributed by atoms with Crippen molar-refractivity contribution in [3.63, 3.8) is 0 Å². The van der Waals surface area contributed by atoms with Crippen LogP contribution in [0.15, 0.2) is 54.6 Å². The van der Waals surface area contributed by atoms with Crippen molar-refractivity contribution < 1.29 is 9.59 Å². The first-order chi connectivity index (χ1) is 13.7. The van der Waals surface area contributed by atoms with E-state index in [-0.39, 0.29) is 18.4 Å². The molecule has 0 unspecified atom stereocenters. The van der Waals surface area contributed by atoms with Crippen LogP contribution in [0.4, 0.5) is 0 Å². The molecule has 1 aliphatic heterocycles. The van der Waals surface area contributed by atoms with Gasteiger partial charge in [0.1, 0.15) is 0 Å². The molecule has 28 heavy (non-hydrogen) atoms. The van der Waals surface area contributed by atoms with Crippen molar-refractivity contribution >= 4 is 33.4 Å². The molecule has 5 nitrogen and oxygen atoms in total. The summed E-state index contributed by atoms with van der Waals surface area (Å²) in [5, 5.41) is 3.92. The van der Waals surface area contributed by atoms with Crippen LogP contribution in [0.1, 0.15) is 29.3 Å². The first-order valence-corrected chi connectivity index (χ1v) is 10.4. The van der Waals surface area contributed by atoms with Crippen molar-refractivity contribution in [2.45, 2.75) is 25.2 Å². The third-order valence-electron chi connectivity index (χ3n) is 5.15. The van der Waals surface area contributed by atoms with E-state index in [4.69, 9.17) is 4.98 Å². The average molecular weight is 394 g/mol. The van der Waals surface area contributed by atoms with Gasteiger partial charge in [-0.15, -0.1) is 11.3 Å². The lowest BCUT2D eigenvalue weighted by Crippen LogP contribution is -2.44. The normalized spacial score (nSPS) is 14.9. The van der Waals surface area contributed by atoms with Gasteiger partial charge in [0.05, 0.1) is 28.2 Å². The number of rotatable bonds is 5. The van der Waals surface area contributed by atoms with Gasteiger partial charge in [0.2, 0.25) is 11.8 Å². The first-order valence-electron chi connectivity index (χ1n) is 9.63. The predicted octanol–water partition coefficient (Wildman–Crippen LogP) is 3.36. The third-order valence-corrected chi connectivity index (χ3v) is 6.35. The first kappa shape index (κ1) is 18.6. The fraction of sp³-hybridized carbons (Fsp3) is 0.318. The SMILES string of the molecule is O=C(Cc1ccccc1)NCC(=O)N1CCC(c2nc3ccccc3s2)CC1. The highest BCUT2D eigenvalue weighted by Gasteiger charge is 2.26. The monoisotopic (exact) mass is 393 g/mol. The minimum absolute atomic E-state index is 0.0100. The number of para-hydroxylation sites is 1. The Morgan fingerprint density at radius 3 is 2.50 bits per heavy atom. The Bertz CT molecular complexity index is 929. The second kappa shape index (κ2) is 8.52. The maximum Gasteiger partial charge on any atom is 0.241 e. The van der Waals surface area contributed by atoms with Crippen molar-refractivity contribution in [1.82, 2.24) is 15.2 Å². The molecule has 0 bridgehead atoms. The Hall–Kier alpha value is -2.73. The number of aromatic nitrogens is 1. The van der Waals surface area contributed by atoms with Gasteiger partial charge in [-0.3, -0.25) is 9.59 Å². The summed E-state index contributed by atoms with van der Waals surface area (Å²) in [6.07, 6.45) is 2.14. The third kappa shape index (κ3) is 4.39. The highest BCUT2D eigenvalue weighted by Crippen LogP contribution is 2.33. The lowest BCUT2D eigenvalue weighted by atomic mass is 9.97. The van der Waals surface area contributed by atoms with Crippen LogP contribution < -0.4 is 5.32 Å². The standard InChI is InChI=1S/C22H23N3O2S/c26-20(14-16-6-2-1-3-7-16)23-15-21(27)25-12-10-17(11-13-25)22-24-18-8-4-5-9-19(18)28-22/h1-9,17H,10-15H2,(H,23,26). The lowest BCUT2D eigenvalue weighted by molar-refractivity contribution is -0.133. The van der Waals surface area contributed by atoms with Crippen LogP contribution in [-0.2, 0) is 16.0 Å². The molecule has 0 aliphatic carbocycles. The van der Waals surface area contributed by atoms with Crippen LogP contribution in [0.25, 0.3) is 10.2 Å². The summed E-state index contributed by atoms with van der Waals surface area (Å²) in [6.45, 7) is 1.50. The quantitative estimate of drug-likeness (QED) is 0.723. The number of nitrogens with zero attached hydrogens (tertiary/aromatic N) is 2. The van der Waals surface area contributed by atoms with Gasteiger partial charge in [0.25, 0.3) is 0 Å². The van der Waals surface area contributed by atoms with E-state index in [1.165, 1.54) is 9.71 Å². The molecule has 1 aliphatic rings. The Morgan fingerprint density at radius 2 is 1.75 bits per heavy atom. The van der Waals surface area contributed by atoms with E-state index in [9.17, 15) is 9.59 Å². The Balaban J connectivity index is 1.25. The molecule has 144 valence electrons. The van der Waals surface area contributed by atoms with E-state index in [1.807, 2.05) is 53.4 Å². The minimum Gasteiger partial charge on any atom is -0.347 e. The van der Waals surface area contributed by atoms with Gasteiger partial charge in [-0.1, -0.05) is 42.5 Å². The molecule has 6 heteroatoms. The van der Waals surface area contributed by atoms with Gasteiger partial charge in [0.15, 0.2) is 0 Å². The van der Waals surface area contributed by atoms with E-state index in [2.05, 4.69) is 11.4 Å². The van der Waals surface area contributed by atoms with Crippen molar-refractivity contribution in [1.29, 1.82) is 0 Å². The Labute approximate surface area is 168 Å². The van der Waals surface area contributed by atoms with Crippen LogP contribution in [0.2, 0.25) is 0 Å². The lowest BCUT2D eigenvalue weighted by Gasteiger charge is -2.31. The molecule has 2 amide bonds. The zero-order valence-electron chi connectivity index (χ0n) is 15.6. The average Bonchev–Trinajstić information content (AvgIpc) is 3.17. The van der Waals surface area contributed by atoms with Crippen LogP contribution in [-0.4, -0.2) is 41.3 Å². The summed E-state index contributed by atoms with van der Waals surface area (Å²) in [5.74, 6) is 0.280. The number of carbonyl (C=O) groups is 2. The Morgan fingerprint density at radius 1 is 1.04 bits per heavy atom. The van der Waals surface area contributed by atoms with E-state index >= 15 is 0 Å². The summed E-state index contributed by atoms with van der Waals surface area (Å²) in [7, 11) is 0. The largest absolute Gasteiger partial charge is 0.347 e. The highest BCUT2D eigenvalue weighted by molar-refractivity contribution is 7.18. The molecule has 3 aromatic rings. The molecule has 4 rings (SSSR count). The van der Waals surface area contributed by atoms with Gasteiger partial charge < -0.3 is 10.2 Å². The number of nitrogens with one attached hydrogen (secondary N) is 1. The van der Waals surface area contributed by atoms with E-state index in [0.29, 0.717) is 25.4 Å². The number of carbonyl (C=O) groups excluding carboxylic acids is 2. The van der Waals surface area contributed by atoms with Crippen molar-refractivity contribution in [3.8, 4) is 0 Å². The van der Waals surface area contributed by atoms with Gasteiger partial charge >= 0.3 is 0 Å². The molecule has 2 heterocycles. The molecule has 1 aromatic heterocycles. The van der Waals surface area contributed by atoms with Crippen molar-refractivity contribution in [2.75, 3.05) is 19.6 Å². The maximum absolute atomic E-state index is 12.4. The number of fused-ring (bicyclic) bond motifs is 1. The van der Waals surface area contributed by atoms with E-state index < -0.39 is 0 Å². The van der Waals surface area contributed by atoms with E-state index in [1.54, 1.807) is 11.3 Å². The molecular weight excluding hydrogens is 370 g/mol. The molecule has 0 atom stereocenters. The zero-order valence-corrected chi connectivity index (χ0v) is 16.5. The summed E-state index contributed by atoms with van der Waals surface area (Å²) < 4.78 is 1.22. The summed E-state index contributed by atoms with van der Waals surface area (Å²) >= 11 is 1.76. The number of benzene rings is 2. The van der Waals surface area contributed by atoms with Gasteiger partial charge in [0, 0.05) is 19.0 Å². The van der Waals surface area contributed by atoms with Crippen LogP contribution >= 0.6 is 11.3 Å². The maximum atomic E-state index is 12.4. The molecule has 2 aromatic carbocycles. The smallest absolute Gasteiger partial charge is 0.241 e. The van der Waals surface area contributed by atoms with Crippen molar-refractivity contribution in [2.24, 2.45) is 0 Å².